The van der Waals surface area contributed by atoms with Crippen LogP contribution in [0.2, 0.25) is 0 Å². The number of amides is 1. The average Bonchev–Trinajstić information content (AvgIpc) is 2.65. The van der Waals surface area contributed by atoms with Gasteiger partial charge in [-0.1, -0.05) is 0 Å². The van der Waals surface area contributed by atoms with E-state index in [2.05, 4.69) is 9.97 Å². The van der Waals surface area contributed by atoms with Gasteiger partial charge in [-0.25, -0.2) is 27.2 Å². The third kappa shape index (κ3) is 4.40. The topological polar surface area (TPSA) is 98.7 Å². The number of likely N-dealkylation sites (N-methyl/N-ethyl adjacent to an activating group) is 1. The van der Waals surface area contributed by atoms with Crippen LogP contribution in [0.15, 0.2) is 35.8 Å². The lowest BCUT2D eigenvalue weighted by Gasteiger charge is -2.27. The summed E-state index contributed by atoms with van der Waals surface area (Å²) in [5.74, 6) is -2.39. The van der Waals surface area contributed by atoms with Gasteiger partial charge in [-0.15, -0.1) is 0 Å². The van der Waals surface area contributed by atoms with Gasteiger partial charge in [-0.2, -0.15) is 0 Å². The average molecular weight is 425 g/mol. The molecule has 29 heavy (non-hydrogen) atoms. The van der Waals surface area contributed by atoms with E-state index in [0.717, 1.165) is 24.6 Å². The van der Waals surface area contributed by atoms with E-state index in [1.54, 1.807) is 0 Å². The van der Waals surface area contributed by atoms with Gasteiger partial charge < -0.3 is 14.4 Å². The fraction of sp³-hybridized carbons (Fsp3) is 0.278. The monoisotopic (exact) mass is 425 g/mol. The number of carbonyl (C=O) groups excluding carboxylic acids is 1. The number of benzene rings is 1. The molecule has 0 radical (unpaired) electrons. The fourth-order valence-corrected chi connectivity index (χ4v) is 3.22. The zero-order valence-corrected chi connectivity index (χ0v) is 16.5. The van der Waals surface area contributed by atoms with Crippen molar-refractivity contribution < 1.29 is 31.5 Å². The highest BCUT2D eigenvalue weighted by Crippen LogP contribution is 2.34. The molecular formula is C18H17F2N3O5S. The predicted molar refractivity (Wildman–Crippen MR) is 97.7 cm³/mol. The maximum atomic E-state index is 14.0. The Bertz CT molecular complexity index is 1100. The Morgan fingerprint density at radius 3 is 2.59 bits per heavy atom. The molecular weight excluding hydrogens is 408 g/mol. The standard InChI is InChI=1S/C18H17F2N3O5S/c1-23-9-10(6-14(27-2)17(23)24)16-15(8-21-18(22-16)29(3,25)26)28-13-5-4-11(19)7-12(13)20/h4-5,7-9,14H,6H2,1-3H3. The van der Waals surface area contributed by atoms with Crippen molar-refractivity contribution in [3.8, 4) is 11.5 Å². The molecule has 154 valence electrons. The van der Waals surface area contributed by atoms with E-state index < -0.39 is 32.7 Å². The second-order valence-electron chi connectivity index (χ2n) is 6.35. The lowest BCUT2D eigenvalue weighted by atomic mass is 10.0. The highest BCUT2D eigenvalue weighted by molar-refractivity contribution is 7.90. The number of nitrogens with zero attached hydrogens (tertiary/aromatic N) is 3. The number of aromatic nitrogens is 2. The maximum absolute atomic E-state index is 14.0. The third-order valence-electron chi connectivity index (χ3n) is 4.15. The molecule has 1 aromatic heterocycles. The van der Waals surface area contributed by atoms with Crippen molar-refractivity contribution in [2.24, 2.45) is 0 Å². The van der Waals surface area contributed by atoms with Crippen molar-refractivity contribution in [2.75, 3.05) is 20.4 Å². The molecule has 0 spiro atoms. The van der Waals surface area contributed by atoms with Crippen LogP contribution in [0, 0.1) is 11.6 Å². The van der Waals surface area contributed by atoms with Gasteiger partial charge in [0.25, 0.3) is 5.91 Å². The van der Waals surface area contributed by atoms with Crippen LogP contribution in [0.3, 0.4) is 0 Å². The molecule has 2 aromatic rings. The molecule has 0 aliphatic carbocycles. The van der Waals surface area contributed by atoms with E-state index >= 15 is 0 Å². The first-order valence-corrected chi connectivity index (χ1v) is 10.2. The first-order chi connectivity index (χ1) is 13.6. The maximum Gasteiger partial charge on any atom is 0.255 e. The summed E-state index contributed by atoms with van der Waals surface area (Å²) >= 11 is 0. The number of sulfone groups is 1. The highest BCUT2D eigenvalue weighted by atomic mass is 32.2. The largest absolute Gasteiger partial charge is 0.450 e. The Labute approximate surface area is 165 Å². The van der Waals surface area contributed by atoms with Gasteiger partial charge >= 0.3 is 0 Å². The minimum absolute atomic E-state index is 0.0468. The van der Waals surface area contributed by atoms with Gasteiger partial charge in [0.15, 0.2) is 17.3 Å². The van der Waals surface area contributed by atoms with Gasteiger partial charge in [0, 0.05) is 44.7 Å². The molecule has 0 saturated carbocycles. The van der Waals surface area contributed by atoms with E-state index in [9.17, 15) is 22.0 Å². The zero-order chi connectivity index (χ0) is 21.3. The van der Waals surface area contributed by atoms with Crippen LogP contribution in [0.5, 0.6) is 11.5 Å². The van der Waals surface area contributed by atoms with Crippen LogP contribution in [0.4, 0.5) is 8.78 Å². The fourth-order valence-electron chi connectivity index (χ4n) is 2.72. The summed E-state index contributed by atoms with van der Waals surface area (Å²) in [7, 11) is -0.877. The summed E-state index contributed by atoms with van der Waals surface area (Å²) in [6, 6.07) is 2.74. The number of methoxy groups -OCH3 is 1. The summed E-state index contributed by atoms with van der Waals surface area (Å²) in [4.78, 5) is 21.2. The third-order valence-corrected chi connectivity index (χ3v) is 5.01. The van der Waals surface area contributed by atoms with Gasteiger partial charge in [-0.3, -0.25) is 4.79 Å². The normalized spacial score (nSPS) is 17.3. The summed E-state index contributed by atoms with van der Waals surface area (Å²) in [6.45, 7) is 0. The highest BCUT2D eigenvalue weighted by Gasteiger charge is 2.30. The number of carbonyl (C=O) groups is 1. The van der Waals surface area contributed by atoms with Crippen molar-refractivity contribution in [2.45, 2.75) is 17.7 Å². The van der Waals surface area contributed by atoms with Gasteiger partial charge in [0.1, 0.15) is 17.6 Å². The van der Waals surface area contributed by atoms with Gasteiger partial charge in [-0.05, 0) is 12.1 Å². The minimum Gasteiger partial charge on any atom is -0.450 e. The van der Waals surface area contributed by atoms with E-state index in [1.807, 2.05) is 0 Å². The molecule has 1 aromatic carbocycles. The summed E-state index contributed by atoms with van der Waals surface area (Å²) in [6.07, 6.45) is 2.75. The smallest absolute Gasteiger partial charge is 0.255 e. The molecule has 3 rings (SSSR count). The van der Waals surface area contributed by atoms with E-state index in [4.69, 9.17) is 9.47 Å². The van der Waals surface area contributed by atoms with E-state index in [0.29, 0.717) is 11.6 Å². The van der Waals surface area contributed by atoms with E-state index in [1.165, 1.54) is 25.3 Å². The predicted octanol–water partition coefficient (Wildman–Crippen LogP) is 2.17. The second kappa shape index (κ2) is 7.84. The number of hydrogen-bond acceptors (Lipinski definition) is 7. The van der Waals surface area contributed by atoms with Crippen molar-refractivity contribution in [3.63, 3.8) is 0 Å². The molecule has 0 bridgehead atoms. The SMILES string of the molecule is COC1CC(c2nc(S(C)(=O)=O)ncc2Oc2ccc(F)cc2F)=CN(C)C1=O. The van der Waals surface area contributed by atoms with Crippen LogP contribution < -0.4 is 4.74 Å². The quantitative estimate of drug-likeness (QED) is 0.677. The molecule has 1 aliphatic heterocycles. The van der Waals surface area contributed by atoms with Crippen molar-refractivity contribution in [3.05, 3.63) is 47.9 Å². The molecule has 1 unspecified atom stereocenters. The number of rotatable bonds is 5. The lowest BCUT2D eigenvalue weighted by molar-refractivity contribution is -0.138. The Balaban J connectivity index is 2.12. The van der Waals surface area contributed by atoms with Crippen LogP contribution >= 0.6 is 0 Å². The number of hydrogen-bond donors (Lipinski definition) is 0. The van der Waals surface area contributed by atoms with E-state index in [-0.39, 0.29) is 29.5 Å². The Hall–Kier alpha value is -2.92. The van der Waals surface area contributed by atoms with Crippen LogP contribution in [-0.2, 0) is 19.4 Å². The van der Waals surface area contributed by atoms with Crippen molar-refractivity contribution in [1.82, 2.24) is 14.9 Å². The lowest BCUT2D eigenvalue weighted by Crippen LogP contribution is -2.38. The van der Waals surface area contributed by atoms with Gasteiger partial charge in [0.05, 0.1) is 6.20 Å². The molecule has 1 amide bonds. The minimum atomic E-state index is -3.75. The van der Waals surface area contributed by atoms with Crippen molar-refractivity contribution in [1.29, 1.82) is 0 Å². The van der Waals surface area contributed by atoms with Crippen LogP contribution in [0.1, 0.15) is 12.1 Å². The van der Waals surface area contributed by atoms with Crippen LogP contribution in [-0.4, -0.2) is 55.7 Å². The molecule has 8 nitrogen and oxygen atoms in total. The van der Waals surface area contributed by atoms with Gasteiger partial charge in [0.2, 0.25) is 15.0 Å². The van der Waals surface area contributed by atoms with Crippen LogP contribution in [0.25, 0.3) is 5.57 Å². The molecule has 1 atom stereocenters. The number of halogens is 2. The molecule has 1 aliphatic rings. The molecule has 11 heteroatoms. The molecule has 0 fully saturated rings. The molecule has 0 N–H and O–H groups in total. The first-order valence-electron chi connectivity index (χ1n) is 8.30. The Kier molecular flexibility index (Phi) is 5.62. The number of ether oxygens (including phenoxy) is 2. The second-order valence-corrected chi connectivity index (χ2v) is 8.26. The van der Waals surface area contributed by atoms with Crippen molar-refractivity contribution >= 4 is 21.3 Å². The molecule has 2 heterocycles. The zero-order valence-electron chi connectivity index (χ0n) is 15.7. The first kappa shape index (κ1) is 20.8. The summed E-state index contributed by atoms with van der Waals surface area (Å²) < 4.78 is 61.6. The Morgan fingerprint density at radius 1 is 1.24 bits per heavy atom. The Morgan fingerprint density at radius 2 is 1.97 bits per heavy atom. The molecule has 0 saturated heterocycles. The summed E-state index contributed by atoms with van der Waals surface area (Å²) in [5, 5.41) is -0.464. The summed E-state index contributed by atoms with van der Waals surface area (Å²) in [5.41, 5.74) is 0.467.